The van der Waals surface area contributed by atoms with E-state index >= 15 is 0 Å². The summed E-state index contributed by atoms with van der Waals surface area (Å²) in [6.45, 7) is 0. The Labute approximate surface area is 77.4 Å². The van der Waals surface area contributed by atoms with Crippen LogP contribution >= 0.6 is 11.3 Å². The van der Waals surface area contributed by atoms with Gasteiger partial charge in [-0.2, -0.15) is 11.3 Å². The highest BCUT2D eigenvalue weighted by atomic mass is 32.1. The molecule has 1 heterocycles. The van der Waals surface area contributed by atoms with Crippen molar-refractivity contribution in [2.24, 2.45) is 0 Å². The van der Waals surface area contributed by atoms with Gasteiger partial charge in [0.1, 0.15) is 0 Å². The van der Waals surface area contributed by atoms with Crippen LogP contribution in [0.3, 0.4) is 0 Å². The molecule has 0 aromatic carbocycles. The highest BCUT2D eigenvalue weighted by Crippen LogP contribution is 2.10. The molecule has 1 radical (unpaired) electrons. The van der Waals surface area contributed by atoms with Gasteiger partial charge in [-0.05, 0) is 41.7 Å². The van der Waals surface area contributed by atoms with Crippen molar-refractivity contribution in [1.82, 2.24) is 0 Å². The van der Waals surface area contributed by atoms with Crippen molar-refractivity contribution in [3.8, 4) is 0 Å². The predicted molar refractivity (Wildman–Crippen MR) is 52.2 cm³/mol. The van der Waals surface area contributed by atoms with E-state index in [4.69, 9.17) is 0 Å². The highest BCUT2D eigenvalue weighted by molar-refractivity contribution is 7.07. The maximum atomic E-state index is 9.87. The molecule has 65 valence electrons. The first kappa shape index (κ1) is 9.46. The number of rotatable bonds is 6. The van der Waals surface area contributed by atoms with Crippen LogP contribution in [-0.2, 0) is 11.2 Å². The van der Waals surface area contributed by atoms with Crippen LogP contribution in [0.2, 0.25) is 0 Å². The predicted octanol–water partition coefficient (Wildman–Crippen LogP) is 2.96. The lowest BCUT2D eigenvalue weighted by Crippen LogP contribution is -1.83. The van der Waals surface area contributed by atoms with Crippen LogP contribution in [0.15, 0.2) is 16.8 Å². The Balaban J connectivity index is 2.00. The number of unbranched alkanes of at least 4 members (excludes halogenated alkanes) is 3. The third-order valence-corrected chi connectivity index (χ3v) is 2.56. The molecular formula is C10H13OS. The number of aryl methyl sites for hydroxylation is 1. The zero-order valence-corrected chi connectivity index (χ0v) is 7.90. The van der Waals surface area contributed by atoms with E-state index in [2.05, 4.69) is 16.8 Å². The summed E-state index contributed by atoms with van der Waals surface area (Å²) in [5.74, 6) is 0. The summed E-state index contributed by atoms with van der Waals surface area (Å²) in [5, 5.41) is 4.29. The largest absolute Gasteiger partial charge is 0.291 e. The Morgan fingerprint density at radius 3 is 2.92 bits per heavy atom. The van der Waals surface area contributed by atoms with Gasteiger partial charge in [0.15, 0.2) is 6.29 Å². The smallest absolute Gasteiger partial charge is 0.198 e. The lowest BCUT2D eigenvalue weighted by Gasteiger charge is -1.95. The SMILES string of the molecule is O=[C]CCCCCc1ccsc1. The van der Waals surface area contributed by atoms with E-state index in [1.165, 1.54) is 12.0 Å². The summed E-state index contributed by atoms with van der Waals surface area (Å²) < 4.78 is 0. The van der Waals surface area contributed by atoms with E-state index in [1.807, 2.05) is 6.29 Å². The van der Waals surface area contributed by atoms with Gasteiger partial charge in [0.25, 0.3) is 0 Å². The second-order valence-electron chi connectivity index (χ2n) is 2.84. The summed E-state index contributed by atoms with van der Waals surface area (Å²) in [6, 6.07) is 2.16. The molecular weight excluding hydrogens is 168 g/mol. The zero-order chi connectivity index (χ0) is 8.65. The fourth-order valence-electron chi connectivity index (χ4n) is 1.14. The molecule has 2 heteroatoms. The normalized spacial score (nSPS) is 10.0. The van der Waals surface area contributed by atoms with E-state index < -0.39 is 0 Å². The van der Waals surface area contributed by atoms with Crippen molar-refractivity contribution in [2.45, 2.75) is 32.1 Å². The van der Waals surface area contributed by atoms with Crippen molar-refractivity contribution in [3.05, 3.63) is 22.4 Å². The average molecular weight is 181 g/mol. The van der Waals surface area contributed by atoms with Gasteiger partial charge in [-0.1, -0.05) is 6.42 Å². The van der Waals surface area contributed by atoms with E-state index in [1.54, 1.807) is 11.3 Å². The maximum Gasteiger partial charge on any atom is 0.198 e. The van der Waals surface area contributed by atoms with Crippen molar-refractivity contribution < 1.29 is 4.79 Å². The minimum Gasteiger partial charge on any atom is -0.291 e. The molecule has 0 aliphatic heterocycles. The minimum atomic E-state index is 0.601. The van der Waals surface area contributed by atoms with Gasteiger partial charge in [0.2, 0.25) is 0 Å². The van der Waals surface area contributed by atoms with Gasteiger partial charge in [0, 0.05) is 6.42 Å². The first-order valence-corrected chi connectivity index (χ1v) is 5.24. The molecule has 12 heavy (non-hydrogen) atoms. The summed E-state index contributed by atoms with van der Waals surface area (Å²) in [4.78, 5) is 9.87. The Morgan fingerprint density at radius 1 is 1.33 bits per heavy atom. The third-order valence-electron chi connectivity index (χ3n) is 1.82. The monoisotopic (exact) mass is 181 g/mol. The molecule has 0 saturated heterocycles. The Kier molecular flexibility index (Phi) is 4.69. The van der Waals surface area contributed by atoms with Gasteiger partial charge >= 0.3 is 0 Å². The van der Waals surface area contributed by atoms with Crippen LogP contribution in [0.4, 0.5) is 0 Å². The zero-order valence-electron chi connectivity index (χ0n) is 7.08. The first-order chi connectivity index (χ1) is 5.93. The van der Waals surface area contributed by atoms with Crippen LogP contribution in [0.5, 0.6) is 0 Å². The van der Waals surface area contributed by atoms with E-state index in [0.29, 0.717) is 6.42 Å². The molecule has 0 bridgehead atoms. The summed E-state index contributed by atoms with van der Waals surface area (Å²) in [7, 11) is 0. The average Bonchev–Trinajstić information content (AvgIpc) is 2.57. The van der Waals surface area contributed by atoms with Crippen LogP contribution < -0.4 is 0 Å². The van der Waals surface area contributed by atoms with E-state index in [0.717, 1.165) is 19.3 Å². The molecule has 0 unspecified atom stereocenters. The van der Waals surface area contributed by atoms with Crippen LogP contribution in [-0.4, -0.2) is 6.29 Å². The molecule has 1 rings (SSSR count). The molecule has 0 fully saturated rings. The van der Waals surface area contributed by atoms with Crippen molar-refractivity contribution in [2.75, 3.05) is 0 Å². The van der Waals surface area contributed by atoms with E-state index in [-0.39, 0.29) is 0 Å². The number of carbonyl (C=O) groups excluding carboxylic acids is 1. The summed E-state index contributed by atoms with van der Waals surface area (Å²) >= 11 is 1.75. The molecule has 0 aliphatic rings. The molecule has 1 aromatic rings. The van der Waals surface area contributed by atoms with Gasteiger partial charge in [-0.3, -0.25) is 4.79 Å². The molecule has 0 saturated carbocycles. The van der Waals surface area contributed by atoms with Gasteiger partial charge in [-0.15, -0.1) is 0 Å². The topological polar surface area (TPSA) is 17.1 Å². The Bertz CT molecular complexity index is 204. The molecule has 1 aromatic heterocycles. The Hall–Kier alpha value is -0.630. The Morgan fingerprint density at radius 2 is 2.25 bits per heavy atom. The highest BCUT2D eigenvalue weighted by Gasteiger charge is 1.93. The fourth-order valence-corrected chi connectivity index (χ4v) is 1.84. The van der Waals surface area contributed by atoms with Gasteiger partial charge < -0.3 is 0 Å². The van der Waals surface area contributed by atoms with Crippen LogP contribution in [0.1, 0.15) is 31.2 Å². The molecule has 1 nitrogen and oxygen atoms in total. The van der Waals surface area contributed by atoms with Gasteiger partial charge in [0.05, 0.1) is 0 Å². The van der Waals surface area contributed by atoms with E-state index in [9.17, 15) is 4.79 Å². The molecule has 0 amide bonds. The first-order valence-electron chi connectivity index (χ1n) is 4.29. The molecule has 0 atom stereocenters. The summed E-state index contributed by atoms with van der Waals surface area (Å²) in [5.41, 5.74) is 1.43. The molecule has 0 aliphatic carbocycles. The molecule has 0 spiro atoms. The number of hydrogen-bond donors (Lipinski definition) is 0. The van der Waals surface area contributed by atoms with Crippen molar-refractivity contribution >= 4 is 17.6 Å². The fraction of sp³-hybridized carbons (Fsp3) is 0.500. The third kappa shape index (κ3) is 3.67. The lowest BCUT2D eigenvalue weighted by molar-refractivity contribution is 0.545. The minimum absolute atomic E-state index is 0.601. The lowest BCUT2D eigenvalue weighted by atomic mass is 10.1. The second kappa shape index (κ2) is 5.95. The standard InChI is InChI=1S/C10H13OS/c11-7-4-2-1-3-5-10-6-8-12-9-10/h6,8-9H,1-5H2. The maximum absolute atomic E-state index is 9.87. The van der Waals surface area contributed by atoms with Crippen molar-refractivity contribution in [1.29, 1.82) is 0 Å². The van der Waals surface area contributed by atoms with Gasteiger partial charge in [-0.25, -0.2) is 0 Å². The second-order valence-corrected chi connectivity index (χ2v) is 3.62. The summed E-state index contributed by atoms with van der Waals surface area (Å²) in [6.07, 6.45) is 7.00. The number of hydrogen-bond acceptors (Lipinski definition) is 2. The van der Waals surface area contributed by atoms with Crippen LogP contribution in [0, 0.1) is 0 Å². The van der Waals surface area contributed by atoms with Crippen molar-refractivity contribution in [3.63, 3.8) is 0 Å². The molecule has 0 N–H and O–H groups in total. The number of thiophene rings is 1. The quantitative estimate of drug-likeness (QED) is 0.617. The van der Waals surface area contributed by atoms with Crippen LogP contribution in [0.25, 0.3) is 0 Å².